The Labute approximate surface area is 164 Å². The van der Waals surface area contributed by atoms with Gasteiger partial charge in [0, 0.05) is 12.7 Å². The quantitative estimate of drug-likeness (QED) is 0.800. The minimum absolute atomic E-state index is 0.211. The second kappa shape index (κ2) is 7.59. The number of aromatic nitrogens is 1. The van der Waals surface area contributed by atoms with E-state index in [9.17, 15) is 14.7 Å². The number of ether oxygens (including phenoxy) is 1. The van der Waals surface area contributed by atoms with E-state index in [4.69, 9.17) is 4.74 Å². The standard InChI is InChI=1S/C21H25N3O4/c1-5-28-19-15(9-7-11-22-19)18(25)23-16-10-6-8-14-12-24(20(26)17(14)16)13(2)21(3,4)27/h6-11,13,27H,5,12H2,1-4H3,(H,23,25)/t13-/m1/s1. The molecule has 1 aliphatic heterocycles. The van der Waals surface area contributed by atoms with Gasteiger partial charge in [0.1, 0.15) is 5.56 Å². The number of carbonyl (C=O) groups excluding carboxylic acids is 2. The fourth-order valence-electron chi connectivity index (χ4n) is 3.19. The first kappa shape index (κ1) is 19.8. The molecule has 1 aromatic carbocycles. The number of hydrogen-bond donors (Lipinski definition) is 2. The average molecular weight is 383 g/mol. The van der Waals surface area contributed by atoms with Gasteiger partial charge in [-0.05, 0) is 51.5 Å². The third-order valence-electron chi connectivity index (χ3n) is 5.00. The Balaban J connectivity index is 1.89. The van der Waals surface area contributed by atoms with Crippen molar-refractivity contribution < 1.29 is 19.4 Å². The van der Waals surface area contributed by atoms with Crippen molar-refractivity contribution >= 4 is 17.5 Å². The van der Waals surface area contributed by atoms with Crippen LogP contribution >= 0.6 is 0 Å². The maximum absolute atomic E-state index is 13.0. The molecule has 0 aliphatic carbocycles. The van der Waals surface area contributed by atoms with Crippen molar-refractivity contribution in [1.82, 2.24) is 9.88 Å². The molecule has 2 aromatic rings. The van der Waals surface area contributed by atoms with Crippen LogP contribution in [-0.4, -0.2) is 45.1 Å². The average Bonchev–Trinajstić information content (AvgIpc) is 2.98. The number of hydrogen-bond acceptors (Lipinski definition) is 5. The highest BCUT2D eigenvalue weighted by Crippen LogP contribution is 2.33. The van der Waals surface area contributed by atoms with Gasteiger partial charge in [-0.25, -0.2) is 4.98 Å². The van der Waals surface area contributed by atoms with Crippen LogP contribution in [0.3, 0.4) is 0 Å². The summed E-state index contributed by atoms with van der Waals surface area (Å²) in [5.41, 5.74) is 0.964. The van der Waals surface area contributed by atoms with Gasteiger partial charge in [-0.1, -0.05) is 12.1 Å². The zero-order chi connectivity index (χ0) is 20.5. The smallest absolute Gasteiger partial charge is 0.261 e. The Hall–Kier alpha value is -2.93. The summed E-state index contributed by atoms with van der Waals surface area (Å²) in [6.45, 7) is 7.76. The Morgan fingerprint density at radius 2 is 2.11 bits per heavy atom. The summed E-state index contributed by atoms with van der Waals surface area (Å²) < 4.78 is 5.42. The molecule has 0 spiro atoms. The van der Waals surface area contributed by atoms with Crippen LogP contribution in [-0.2, 0) is 6.54 Å². The molecular weight excluding hydrogens is 358 g/mol. The van der Waals surface area contributed by atoms with Crippen molar-refractivity contribution in [2.75, 3.05) is 11.9 Å². The van der Waals surface area contributed by atoms with Crippen LogP contribution in [0.5, 0.6) is 5.88 Å². The largest absolute Gasteiger partial charge is 0.477 e. The monoisotopic (exact) mass is 383 g/mol. The van der Waals surface area contributed by atoms with Gasteiger partial charge in [0.15, 0.2) is 0 Å². The second-order valence-electron chi connectivity index (χ2n) is 7.35. The summed E-state index contributed by atoms with van der Waals surface area (Å²) in [6.07, 6.45) is 1.56. The Kier molecular flexibility index (Phi) is 5.38. The summed E-state index contributed by atoms with van der Waals surface area (Å²) in [4.78, 5) is 31.5. The number of benzene rings is 1. The van der Waals surface area contributed by atoms with E-state index >= 15 is 0 Å². The summed E-state index contributed by atoms with van der Waals surface area (Å²) in [5.74, 6) is -0.359. The summed E-state index contributed by atoms with van der Waals surface area (Å²) in [5, 5.41) is 13.1. The minimum atomic E-state index is -1.04. The molecule has 1 aromatic heterocycles. The fraction of sp³-hybridized carbons (Fsp3) is 0.381. The van der Waals surface area contributed by atoms with Crippen LogP contribution < -0.4 is 10.1 Å². The molecule has 0 saturated heterocycles. The number of amides is 2. The predicted octanol–water partition coefficient (Wildman–Crippen LogP) is 2.85. The van der Waals surface area contributed by atoms with E-state index in [0.29, 0.717) is 30.0 Å². The molecule has 7 heteroatoms. The van der Waals surface area contributed by atoms with Gasteiger partial charge in [0.25, 0.3) is 11.8 Å². The number of aliphatic hydroxyl groups is 1. The number of fused-ring (bicyclic) bond motifs is 1. The molecule has 2 heterocycles. The number of nitrogens with one attached hydrogen (secondary N) is 1. The van der Waals surface area contributed by atoms with Crippen molar-refractivity contribution in [3.8, 4) is 5.88 Å². The van der Waals surface area contributed by atoms with Gasteiger partial charge in [-0.15, -0.1) is 0 Å². The van der Waals surface area contributed by atoms with Crippen LogP contribution in [0.1, 0.15) is 54.0 Å². The van der Waals surface area contributed by atoms with Crippen LogP contribution in [0.15, 0.2) is 36.5 Å². The number of pyridine rings is 1. The highest BCUT2D eigenvalue weighted by molar-refractivity contribution is 6.11. The van der Waals surface area contributed by atoms with Crippen LogP contribution in [0.25, 0.3) is 0 Å². The molecule has 148 valence electrons. The molecule has 2 N–H and O–H groups in total. The van der Waals surface area contributed by atoms with Gasteiger partial charge >= 0.3 is 0 Å². The molecule has 28 heavy (non-hydrogen) atoms. The third kappa shape index (κ3) is 3.71. The van der Waals surface area contributed by atoms with Crippen LogP contribution in [0, 0.1) is 0 Å². The van der Waals surface area contributed by atoms with Gasteiger partial charge in [-0.3, -0.25) is 9.59 Å². The molecule has 0 radical (unpaired) electrons. The Morgan fingerprint density at radius 1 is 1.36 bits per heavy atom. The first-order valence-corrected chi connectivity index (χ1v) is 9.28. The maximum atomic E-state index is 13.0. The van der Waals surface area contributed by atoms with Crippen molar-refractivity contribution in [3.63, 3.8) is 0 Å². The molecule has 2 amide bonds. The zero-order valence-electron chi connectivity index (χ0n) is 16.5. The first-order chi connectivity index (χ1) is 13.2. The lowest BCUT2D eigenvalue weighted by Gasteiger charge is -2.33. The van der Waals surface area contributed by atoms with Crippen LogP contribution in [0.2, 0.25) is 0 Å². The van der Waals surface area contributed by atoms with Gasteiger partial charge in [-0.2, -0.15) is 0 Å². The highest BCUT2D eigenvalue weighted by Gasteiger charge is 2.38. The SMILES string of the molecule is CCOc1ncccc1C(=O)Nc1cccc2c1C(=O)N([C@H](C)C(C)(C)O)C2. The van der Waals surface area contributed by atoms with E-state index in [0.717, 1.165) is 5.56 Å². The summed E-state index contributed by atoms with van der Waals surface area (Å²) in [6, 6.07) is 8.26. The number of carbonyl (C=O) groups is 2. The van der Waals surface area contributed by atoms with Crippen molar-refractivity contribution in [2.24, 2.45) is 0 Å². The lowest BCUT2D eigenvalue weighted by atomic mass is 9.99. The second-order valence-corrected chi connectivity index (χ2v) is 7.35. The molecule has 0 fully saturated rings. The normalized spacial score (nSPS) is 14.6. The first-order valence-electron chi connectivity index (χ1n) is 9.28. The number of anilines is 1. The van der Waals surface area contributed by atoms with E-state index in [1.165, 1.54) is 0 Å². The van der Waals surface area contributed by atoms with Crippen LogP contribution in [0.4, 0.5) is 5.69 Å². The lowest BCUT2D eigenvalue weighted by Crippen LogP contribution is -2.47. The topological polar surface area (TPSA) is 91.8 Å². The Morgan fingerprint density at radius 3 is 2.79 bits per heavy atom. The van der Waals surface area contributed by atoms with E-state index in [2.05, 4.69) is 10.3 Å². The molecule has 0 bridgehead atoms. The summed E-state index contributed by atoms with van der Waals surface area (Å²) >= 11 is 0. The van der Waals surface area contributed by atoms with E-state index < -0.39 is 11.5 Å². The zero-order valence-corrected chi connectivity index (χ0v) is 16.5. The van der Waals surface area contributed by atoms with Gasteiger partial charge in [0.2, 0.25) is 5.88 Å². The Bertz CT molecular complexity index is 905. The van der Waals surface area contributed by atoms with Crippen molar-refractivity contribution in [2.45, 2.75) is 45.9 Å². The molecule has 0 saturated carbocycles. The molecule has 0 unspecified atom stereocenters. The fourth-order valence-corrected chi connectivity index (χ4v) is 3.19. The maximum Gasteiger partial charge on any atom is 0.261 e. The van der Waals surface area contributed by atoms with E-state index in [-0.39, 0.29) is 17.8 Å². The molecule has 3 rings (SSSR count). The minimum Gasteiger partial charge on any atom is -0.477 e. The third-order valence-corrected chi connectivity index (χ3v) is 5.00. The molecule has 7 nitrogen and oxygen atoms in total. The van der Waals surface area contributed by atoms with Crippen molar-refractivity contribution in [3.05, 3.63) is 53.2 Å². The summed E-state index contributed by atoms with van der Waals surface area (Å²) in [7, 11) is 0. The predicted molar refractivity (Wildman–Crippen MR) is 105 cm³/mol. The molecular formula is C21H25N3O4. The number of rotatable bonds is 6. The van der Waals surface area contributed by atoms with E-state index in [1.807, 2.05) is 19.9 Å². The van der Waals surface area contributed by atoms with Gasteiger partial charge in [0.05, 0.1) is 29.5 Å². The highest BCUT2D eigenvalue weighted by atomic mass is 16.5. The van der Waals surface area contributed by atoms with E-state index in [1.54, 1.807) is 49.2 Å². The lowest BCUT2D eigenvalue weighted by molar-refractivity contribution is -0.00644. The molecule has 1 atom stereocenters. The van der Waals surface area contributed by atoms with Gasteiger partial charge < -0.3 is 20.1 Å². The molecule has 1 aliphatic rings. The number of nitrogens with zero attached hydrogens (tertiary/aromatic N) is 2. The van der Waals surface area contributed by atoms with Crippen molar-refractivity contribution in [1.29, 1.82) is 0 Å².